The molecule has 0 heteroatoms. The molecule has 0 aliphatic heterocycles. The zero-order chi connectivity index (χ0) is 13.4. The minimum atomic E-state index is 0.895. The molecule has 0 saturated heterocycles. The average molecular weight is 236 g/mol. The molecule has 0 N–H and O–H groups in total. The molecule has 0 radical (unpaired) electrons. The van der Waals surface area contributed by atoms with Gasteiger partial charge in [-0.3, -0.25) is 0 Å². The van der Waals surface area contributed by atoms with Crippen LogP contribution >= 0.6 is 0 Å². The third-order valence-corrected chi connectivity index (χ3v) is 2.90. The van der Waals surface area contributed by atoms with E-state index in [4.69, 9.17) is 0 Å². The zero-order valence-electron chi connectivity index (χ0n) is 10.9. The van der Waals surface area contributed by atoms with E-state index in [9.17, 15) is 0 Å². The summed E-state index contributed by atoms with van der Waals surface area (Å²) < 4.78 is 0. The molecule has 1 aliphatic carbocycles. The molecule has 0 amide bonds. The molecule has 0 aromatic rings. The van der Waals surface area contributed by atoms with E-state index in [0.717, 1.165) is 12.8 Å². The maximum Gasteiger partial charge on any atom is -0.00201 e. The molecule has 0 aromatic heterocycles. The standard InChI is InChI=1S/C18H20/c1-5-9-12-18-14-17(11-7-3)16(10-6-2)13-15(18)8-4/h5-12H,1-4,13-14H2/b12-9-,16-10-,17-11-. The molecule has 92 valence electrons. The van der Waals surface area contributed by atoms with E-state index in [1.54, 1.807) is 6.08 Å². The summed E-state index contributed by atoms with van der Waals surface area (Å²) in [5.41, 5.74) is 5.14. The highest BCUT2D eigenvalue weighted by molar-refractivity contribution is 5.52. The molecule has 0 fully saturated rings. The van der Waals surface area contributed by atoms with Gasteiger partial charge < -0.3 is 0 Å². The quantitative estimate of drug-likeness (QED) is 0.573. The van der Waals surface area contributed by atoms with Crippen LogP contribution in [0.15, 0.2) is 97.2 Å². The van der Waals surface area contributed by atoms with Crippen molar-refractivity contribution < 1.29 is 0 Å². The molecule has 0 nitrogen and oxygen atoms in total. The SMILES string of the molecule is C=C/C=C\C1=C(C=C)CC(=C/C=C)/C(=C\C=C)C1. The minimum Gasteiger partial charge on any atom is -0.0991 e. The topological polar surface area (TPSA) is 0 Å². The van der Waals surface area contributed by atoms with Crippen LogP contribution in [0.1, 0.15) is 12.8 Å². The fourth-order valence-corrected chi connectivity index (χ4v) is 2.03. The summed E-state index contributed by atoms with van der Waals surface area (Å²) in [7, 11) is 0. The van der Waals surface area contributed by atoms with Gasteiger partial charge >= 0.3 is 0 Å². The van der Waals surface area contributed by atoms with E-state index in [-0.39, 0.29) is 0 Å². The van der Waals surface area contributed by atoms with E-state index < -0.39 is 0 Å². The predicted molar refractivity (Wildman–Crippen MR) is 82.4 cm³/mol. The Morgan fingerprint density at radius 1 is 0.722 bits per heavy atom. The monoisotopic (exact) mass is 236 g/mol. The lowest BCUT2D eigenvalue weighted by Crippen LogP contribution is -2.03. The smallest absolute Gasteiger partial charge is 0.00201 e. The molecule has 0 aromatic carbocycles. The van der Waals surface area contributed by atoms with Gasteiger partial charge in [-0.25, -0.2) is 0 Å². The molecule has 18 heavy (non-hydrogen) atoms. The maximum atomic E-state index is 3.90. The first kappa shape index (κ1) is 14.0. The Bertz CT molecular complexity index is 476. The fraction of sp³-hybridized carbons (Fsp3) is 0.111. The summed E-state index contributed by atoms with van der Waals surface area (Å²) in [4.78, 5) is 0. The van der Waals surface area contributed by atoms with Crippen LogP contribution in [-0.2, 0) is 0 Å². The highest BCUT2D eigenvalue weighted by atomic mass is 14.2. The Morgan fingerprint density at radius 3 is 1.72 bits per heavy atom. The van der Waals surface area contributed by atoms with Crippen LogP contribution in [0.25, 0.3) is 0 Å². The molecule has 1 rings (SSSR count). The molecule has 0 heterocycles. The van der Waals surface area contributed by atoms with Crippen molar-refractivity contribution in [2.75, 3.05) is 0 Å². The first-order valence-electron chi connectivity index (χ1n) is 6.04. The molecule has 0 atom stereocenters. The third kappa shape index (κ3) is 3.46. The van der Waals surface area contributed by atoms with Crippen molar-refractivity contribution >= 4 is 0 Å². The van der Waals surface area contributed by atoms with Gasteiger partial charge in [0.1, 0.15) is 0 Å². The number of allylic oxidation sites excluding steroid dienone is 12. The second-order valence-corrected chi connectivity index (χ2v) is 4.06. The summed E-state index contributed by atoms with van der Waals surface area (Å²) in [5.74, 6) is 0. The summed E-state index contributed by atoms with van der Waals surface area (Å²) in [6.07, 6.45) is 17.4. The molecular weight excluding hydrogens is 216 g/mol. The third-order valence-electron chi connectivity index (χ3n) is 2.90. The van der Waals surface area contributed by atoms with Crippen molar-refractivity contribution in [2.24, 2.45) is 0 Å². The maximum absolute atomic E-state index is 3.90. The minimum absolute atomic E-state index is 0.895. The molecular formula is C18H20. The molecule has 0 bridgehead atoms. The van der Waals surface area contributed by atoms with Gasteiger partial charge in [-0.05, 0) is 35.1 Å². The predicted octanol–water partition coefficient (Wildman–Crippen LogP) is 5.23. The fourth-order valence-electron chi connectivity index (χ4n) is 2.03. The summed E-state index contributed by atoms with van der Waals surface area (Å²) in [5, 5.41) is 0. The lowest BCUT2D eigenvalue weighted by atomic mass is 9.83. The van der Waals surface area contributed by atoms with Gasteiger partial charge in [0.2, 0.25) is 0 Å². The van der Waals surface area contributed by atoms with Crippen LogP contribution in [0.3, 0.4) is 0 Å². The van der Waals surface area contributed by atoms with E-state index in [1.165, 1.54) is 22.3 Å². The van der Waals surface area contributed by atoms with E-state index in [1.807, 2.05) is 24.3 Å². The van der Waals surface area contributed by atoms with Crippen LogP contribution in [0.5, 0.6) is 0 Å². The largest absolute Gasteiger partial charge is 0.0991 e. The van der Waals surface area contributed by atoms with Crippen LogP contribution in [0.2, 0.25) is 0 Å². The van der Waals surface area contributed by atoms with Crippen LogP contribution < -0.4 is 0 Å². The zero-order valence-corrected chi connectivity index (χ0v) is 10.9. The lowest BCUT2D eigenvalue weighted by molar-refractivity contribution is 0.996. The molecule has 0 spiro atoms. The van der Waals surface area contributed by atoms with Gasteiger partial charge in [-0.15, -0.1) is 0 Å². The van der Waals surface area contributed by atoms with Gasteiger partial charge in [-0.2, -0.15) is 0 Å². The summed E-state index contributed by atoms with van der Waals surface area (Å²) in [6, 6.07) is 0. The normalized spacial score (nSPS) is 20.4. The van der Waals surface area contributed by atoms with Crippen molar-refractivity contribution in [3.8, 4) is 0 Å². The highest BCUT2D eigenvalue weighted by Gasteiger charge is 2.16. The van der Waals surface area contributed by atoms with Gasteiger partial charge in [0.05, 0.1) is 0 Å². The second-order valence-electron chi connectivity index (χ2n) is 4.06. The van der Waals surface area contributed by atoms with Crippen molar-refractivity contribution in [3.63, 3.8) is 0 Å². The van der Waals surface area contributed by atoms with Crippen LogP contribution in [0.4, 0.5) is 0 Å². The Hall–Kier alpha value is -2.08. The lowest BCUT2D eigenvalue weighted by Gasteiger charge is -2.22. The van der Waals surface area contributed by atoms with Crippen molar-refractivity contribution in [2.45, 2.75) is 12.8 Å². The van der Waals surface area contributed by atoms with Crippen molar-refractivity contribution in [1.29, 1.82) is 0 Å². The Morgan fingerprint density at radius 2 is 1.28 bits per heavy atom. The Balaban J connectivity index is 3.22. The van der Waals surface area contributed by atoms with Crippen molar-refractivity contribution in [1.82, 2.24) is 0 Å². The number of rotatable bonds is 5. The number of hydrogen-bond donors (Lipinski definition) is 0. The van der Waals surface area contributed by atoms with Crippen LogP contribution in [-0.4, -0.2) is 0 Å². The highest BCUT2D eigenvalue weighted by Crippen LogP contribution is 2.34. The first-order chi connectivity index (χ1) is 8.76. The molecule has 0 unspecified atom stereocenters. The Labute approximate surface area is 110 Å². The summed E-state index contributed by atoms with van der Waals surface area (Å²) >= 11 is 0. The molecule has 0 saturated carbocycles. The van der Waals surface area contributed by atoms with Crippen molar-refractivity contribution in [3.05, 3.63) is 97.2 Å². The van der Waals surface area contributed by atoms with E-state index in [2.05, 4.69) is 44.5 Å². The summed E-state index contributed by atoms with van der Waals surface area (Å²) in [6.45, 7) is 15.1. The second kappa shape index (κ2) is 7.29. The van der Waals surface area contributed by atoms with Gasteiger partial charge in [0.25, 0.3) is 0 Å². The average Bonchev–Trinajstić information content (AvgIpc) is 2.39. The number of hydrogen-bond acceptors (Lipinski definition) is 0. The van der Waals surface area contributed by atoms with E-state index >= 15 is 0 Å². The van der Waals surface area contributed by atoms with Gasteiger partial charge in [0, 0.05) is 0 Å². The Kier molecular flexibility index (Phi) is 5.66. The first-order valence-corrected chi connectivity index (χ1v) is 6.04. The van der Waals surface area contributed by atoms with Crippen LogP contribution in [0, 0.1) is 0 Å². The molecule has 1 aliphatic rings. The van der Waals surface area contributed by atoms with E-state index in [0.29, 0.717) is 0 Å². The van der Waals surface area contributed by atoms with Gasteiger partial charge in [0.15, 0.2) is 0 Å². The van der Waals surface area contributed by atoms with Gasteiger partial charge in [-0.1, -0.05) is 74.9 Å².